The first-order valence-corrected chi connectivity index (χ1v) is 10.4. The molecule has 0 aliphatic heterocycles. The van der Waals surface area contributed by atoms with Gasteiger partial charge in [0.15, 0.2) is 0 Å². The molecule has 0 N–H and O–H groups in total. The normalized spacial score (nSPS) is 14.8. The number of benzene rings is 3. The summed E-state index contributed by atoms with van der Waals surface area (Å²) in [5.74, 6) is 2.58. The zero-order chi connectivity index (χ0) is 20.8. The van der Waals surface area contributed by atoms with Crippen LogP contribution in [-0.4, -0.2) is 12.6 Å². The summed E-state index contributed by atoms with van der Waals surface area (Å²) in [7, 11) is 0. The lowest BCUT2D eigenvalue weighted by Crippen LogP contribution is -2.08. The molecule has 0 amide bonds. The summed E-state index contributed by atoms with van der Waals surface area (Å²) in [6.07, 6.45) is 2.41. The Morgan fingerprint density at radius 3 is 2.60 bits per heavy atom. The van der Waals surface area contributed by atoms with Crippen LogP contribution in [0, 0.1) is 0 Å². The number of ether oxygens (including phenoxy) is 3. The van der Waals surface area contributed by atoms with Gasteiger partial charge in [0.05, 0.1) is 13.0 Å². The molecule has 0 radical (unpaired) electrons. The standard InChI is InChI=1S/C26H26O4/c1-2-28-26(27)17-21-12-11-20-16-23(13-14-25(20)21)29-18-19-7-6-10-24(15-19)30-22-8-4-3-5-9-22/h3-10,13-16,21H,2,11-12,17-18H2,1H3. The van der Waals surface area contributed by atoms with Crippen molar-refractivity contribution in [2.24, 2.45) is 0 Å². The van der Waals surface area contributed by atoms with Crippen molar-refractivity contribution in [3.8, 4) is 17.2 Å². The minimum atomic E-state index is -0.117. The summed E-state index contributed by atoms with van der Waals surface area (Å²) in [6.45, 7) is 2.74. The van der Waals surface area contributed by atoms with E-state index in [-0.39, 0.29) is 11.9 Å². The second-order valence-corrected chi connectivity index (χ2v) is 7.46. The van der Waals surface area contributed by atoms with E-state index >= 15 is 0 Å². The van der Waals surface area contributed by atoms with Crippen LogP contribution >= 0.6 is 0 Å². The quantitative estimate of drug-likeness (QED) is 0.431. The first-order chi connectivity index (χ1) is 14.7. The molecule has 0 spiro atoms. The maximum Gasteiger partial charge on any atom is 0.306 e. The summed E-state index contributed by atoms with van der Waals surface area (Å²) < 4.78 is 17.0. The molecule has 154 valence electrons. The maximum absolute atomic E-state index is 11.8. The number of para-hydroxylation sites is 1. The van der Waals surface area contributed by atoms with Crippen LogP contribution in [0.1, 0.15) is 42.4 Å². The Labute approximate surface area is 177 Å². The molecule has 0 bridgehead atoms. The molecule has 0 saturated carbocycles. The highest BCUT2D eigenvalue weighted by Crippen LogP contribution is 2.37. The highest BCUT2D eigenvalue weighted by Gasteiger charge is 2.25. The Hall–Kier alpha value is -3.27. The van der Waals surface area contributed by atoms with Gasteiger partial charge in [-0.25, -0.2) is 0 Å². The van der Waals surface area contributed by atoms with Crippen LogP contribution in [0.25, 0.3) is 0 Å². The molecule has 0 heterocycles. The Balaban J connectivity index is 1.37. The third-order valence-corrected chi connectivity index (χ3v) is 5.32. The van der Waals surface area contributed by atoms with E-state index in [1.807, 2.05) is 67.6 Å². The second kappa shape index (κ2) is 9.49. The topological polar surface area (TPSA) is 44.8 Å². The van der Waals surface area contributed by atoms with Gasteiger partial charge in [0.1, 0.15) is 23.9 Å². The van der Waals surface area contributed by atoms with Crippen molar-refractivity contribution in [2.45, 2.75) is 38.7 Å². The van der Waals surface area contributed by atoms with Gasteiger partial charge >= 0.3 is 5.97 Å². The first-order valence-electron chi connectivity index (χ1n) is 10.4. The van der Waals surface area contributed by atoms with Crippen LogP contribution in [0.2, 0.25) is 0 Å². The number of rotatable bonds is 8. The van der Waals surface area contributed by atoms with Crippen LogP contribution in [0.4, 0.5) is 0 Å². The summed E-state index contributed by atoms with van der Waals surface area (Å²) in [6, 6.07) is 23.9. The van der Waals surface area contributed by atoms with Gasteiger partial charge in [0.2, 0.25) is 0 Å². The van der Waals surface area contributed by atoms with Crippen molar-refractivity contribution in [1.82, 2.24) is 0 Å². The number of carbonyl (C=O) groups excluding carboxylic acids is 1. The van der Waals surface area contributed by atoms with Crippen LogP contribution in [0.15, 0.2) is 72.8 Å². The molecule has 4 heteroatoms. The summed E-state index contributed by atoms with van der Waals surface area (Å²) in [5.41, 5.74) is 3.56. The Morgan fingerprint density at radius 1 is 0.933 bits per heavy atom. The lowest BCUT2D eigenvalue weighted by molar-refractivity contribution is -0.143. The van der Waals surface area contributed by atoms with Crippen molar-refractivity contribution in [3.63, 3.8) is 0 Å². The fourth-order valence-corrected chi connectivity index (χ4v) is 3.90. The van der Waals surface area contributed by atoms with Crippen molar-refractivity contribution < 1.29 is 19.0 Å². The van der Waals surface area contributed by atoms with E-state index in [1.54, 1.807) is 0 Å². The lowest BCUT2D eigenvalue weighted by Gasteiger charge is -2.12. The molecule has 4 nitrogen and oxygen atoms in total. The highest BCUT2D eigenvalue weighted by atomic mass is 16.5. The minimum absolute atomic E-state index is 0.117. The van der Waals surface area contributed by atoms with Gasteiger partial charge < -0.3 is 14.2 Å². The Kier molecular flexibility index (Phi) is 6.33. The van der Waals surface area contributed by atoms with Gasteiger partial charge in [-0.05, 0) is 78.8 Å². The van der Waals surface area contributed by atoms with Gasteiger partial charge in [0, 0.05) is 0 Å². The van der Waals surface area contributed by atoms with Gasteiger partial charge in [-0.15, -0.1) is 0 Å². The predicted molar refractivity (Wildman–Crippen MR) is 116 cm³/mol. The van der Waals surface area contributed by atoms with E-state index in [9.17, 15) is 4.79 Å². The van der Waals surface area contributed by atoms with Crippen LogP contribution in [0.3, 0.4) is 0 Å². The summed E-state index contributed by atoms with van der Waals surface area (Å²) in [4.78, 5) is 11.8. The molecule has 3 aromatic carbocycles. The molecule has 30 heavy (non-hydrogen) atoms. The minimum Gasteiger partial charge on any atom is -0.489 e. The molecule has 1 aliphatic rings. The smallest absolute Gasteiger partial charge is 0.306 e. The number of esters is 1. The molecular formula is C26H26O4. The van der Waals surface area contributed by atoms with E-state index < -0.39 is 0 Å². The summed E-state index contributed by atoms with van der Waals surface area (Å²) >= 11 is 0. The molecule has 1 atom stereocenters. The van der Waals surface area contributed by atoms with E-state index in [1.165, 1.54) is 11.1 Å². The molecular weight excluding hydrogens is 376 g/mol. The Morgan fingerprint density at radius 2 is 1.77 bits per heavy atom. The lowest BCUT2D eigenvalue weighted by atomic mass is 9.98. The third kappa shape index (κ3) is 5.01. The van der Waals surface area contributed by atoms with E-state index in [0.29, 0.717) is 19.6 Å². The van der Waals surface area contributed by atoms with Crippen molar-refractivity contribution in [2.75, 3.05) is 6.61 Å². The Bertz CT molecular complexity index is 997. The van der Waals surface area contributed by atoms with Gasteiger partial charge in [-0.3, -0.25) is 4.79 Å². The van der Waals surface area contributed by atoms with E-state index in [2.05, 4.69) is 12.1 Å². The van der Waals surface area contributed by atoms with Crippen LogP contribution in [0.5, 0.6) is 17.2 Å². The molecule has 3 aromatic rings. The maximum atomic E-state index is 11.8. The van der Waals surface area contributed by atoms with Gasteiger partial charge in [0.25, 0.3) is 0 Å². The first kappa shape index (κ1) is 20.0. The fraction of sp³-hybridized carbons (Fsp3) is 0.269. The largest absolute Gasteiger partial charge is 0.489 e. The fourth-order valence-electron chi connectivity index (χ4n) is 3.90. The highest BCUT2D eigenvalue weighted by molar-refractivity contribution is 5.71. The number of fused-ring (bicyclic) bond motifs is 1. The van der Waals surface area contributed by atoms with Crippen LogP contribution < -0.4 is 9.47 Å². The van der Waals surface area contributed by atoms with E-state index in [4.69, 9.17) is 14.2 Å². The number of carbonyl (C=O) groups is 1. The number of aryl methyl sites for hydroxylation is 1. The molecule has 0 fully saturated rings. The second-order valence-electron chi connectivity index (χ2n) is 7.46. The molecule has 0 aromatic heterocycles. The zero-order valence-corrected chi connectivity index (χ0v) is 17.2. The van der Waals surface area contributed by atoms with Gasteiger partial charge in [-0.2, -0.15) is 0 Å². The average molecular weight is 402 g/mol. The molecule has 1 unspecified atom stereocenters. The van der Waals surface area contributed by atoms with Gasteiger partial charge in [-0.1, -0.05) is 36.4 Å². The zero-order valence-electron chi connectivity index (χ0n) is 17.2. The predicted octanol–water partition coefficient (Wildman–Crippen LogP) is 6.04. The third-order valence-electron chi connectivity index (χ3n) is 5.32. The average Bonchev–Trinajstić information content (AvgIpc) is 3.15. The monoisotopic (exact) mass is 402 g/mol. The molecule has 4 rings (SSSR count). The van der Waals surface area contributed by atoms with E-state index in [0.717, 1.165) is 35.7 Å². The summed E-state index contributed by atoms with van der Waals surface area (Å²) in [5, 5.41) is 0. The SMILES string of the molecule is CCOC(=O)CC1CCc2cc(OCc3cccc(Oc4ccccc4)c3)ccc21. The van der Waals surface area contributed by atoms with Crippen molar-refractivity contribution in [3.05, 3.63) is 89.5 Å². The number of hydrogen-bond donors (Lipinski definition) is 0. The van der Waals surface area contributed by atoms with Crippen LogP contribution in [-0.2, 0) is 22.6 Å². The molecule has 0 saturated heterocycles. The number of hydrogen-bond acceptors (Lipinski definition) is 4. The van der Waals surface area contributed by atoms with Crippen molar-refractivity contribution in [1.29, 1.82) is 0 Å². The van der Waals surface area contributed by atoms with Crippen molar-refractivity contribution >= 4 is 5.97 Å². The molecule has 1 aliphatic carbocycles.